The molecule has 144 valence electrons. The number of carbonyl (C=O) groups excluding carboxylic acids is 1. The van der Waals surface area contributed by atoms with Gasteiger partial charge < -0.3 is 19.9 Å². The van der Waals surface area contributed by atoms with Gasteiger partial charge in [0.25, 0.3) is 5.91 Å². The normalized spacial score (nSPS) is 19.5. The van der Waals surface area contributed by atoms with Crippen LogP contribution in [0.1, 0.15) is 11.1 Å². The first kappa shape index (κ1) is 19.3. The minimum absolute atomic E-state index is 0.133. The zero-order chi connectivity index (χ0) is 19.2. The maximum atomic E-state index is 13.9. The summed E-state index contributed by atoms with van der Waals surface area (Å²) in [4.78, 5) is 15.0. The lowest BCUT2D eigenvalue weighted by molar-refractivity contribution is -1.02. The summed E-state index contributed by atoms with van der Waals surface area (Å²) in [5.41, 5.74) is 2.39. The van der Waals surface area contributed by atoms with Gasteiger partial charge in [-0.25, -0.2) is 4.39 Å². The maximum Gasteiger partial charge on any atom is 0.279 e. The molecule has 5 nitrogen and oxygen atoms in total. The molecule has 0 bridgehead atoms. The number of hydrogen-bond acceptors (Lipinski definition) is 2. The number of piperazine rings is 1. The summed E-state index contributed by atoms with van der Waals surface area (Å²) in [6, 6.07) is 13.0. The summed E-state index contributed by atoms with van der Waals surface area (Å²) < 4.78 is 19.1. The maximum absolute atomic E-state index is 13.9. The molecule has 3 N–H and O–H groups in total. The van der Waals surface area contributed by atoms with Crippen molar-refractivity contribution in [3.63, 3.8) is 0 Å². The fourth-order valence-corrected chi connectivity index (χ4v) is 3.49. The van der Waals surface area contributed by atoms with E-state index in [2.05, 4.69) is 17.4 Å². The Morgan fingerprint density at radius 3 is 2.37 bits per heavy atom. The summed E-state index contributed by atoms with van der Waals surface area (Å²) in [5, 5.41) is 2.69. The van der Waals surface area contributed by atoms with Crippen LogP contribution < -0.4 is 19.9 Å². The number of carbonyl (C=O) groups is 1. The van der Waals surface area contributed by atoms with Crippen molar-refractivity contribution in [1.29, 1.82) is 0 Å². The van der Waals surface area contributed by atoms with E-state index in [1.54, 1.807) is 19.2 Å². The van der Waals surface area contributed by atoms with Gasteiger partial charge in [-0.05, 0) is 48.9 Å². The Hall–Kier alpha value is -2.44. The molecule has 1 saturated heterocycles. The highest BCUT2D eigenvalue weighted by atomic mass is 19.1. The van der Waals surface area contributed by atoms with Gasteiger partial charge in [-0.1, -0.05) is 6.07 Å². The second-order valence-electron chi connectivity index (χ2n) is 7.23. The molecular formula is C21H28FN3O2+2. The average Bonchev–Trinajstić information content (AvgIpc) is 2.66. The van der Waals surface area contributed by atoms with Crippen molar-refractivity contribution in [3.8, 4) is 5.75 Å². The third-order valence-electron chi connectivity index (χ3n) is 5.09. The third kappa shape index (κ3) is 5.52. The number of amides is 1. The number of rotatable bonds is 6. The molecule has 2 aromatic carbocycles. The molecule has 0 radical (unpaired) electrons. The molecule has 0 aromatic heterocycles. The number of quaternary nitrogens is 2. The van der Waals surface area contributed by atoms with Crippen molar-refractivity contribution in [2.24, 2.45) is 0 Å². The predicted octanol–water partition coefficient (Wildman–Crippen LogP) is 0.0648. The molecule has 2 aromatic rings. The summed E-state index contributed by atoms with van der Waals surface area (Å²) in [7, 11) is 1.67. The van der Waals surface area contributed by atoms with Crippen molar-refractivity contribution >= 4 is 11.6 Å². The first-order valence-electron chi connectivity index (χ1n) is 9.39. The molecule has 27 heavy (non-hydrogen) atoms. The minimum atomic E-state index is -0.382. The molecule has 1 heterocycles. The molecule has 1 aliphatic heterocycles. The quantitative estimate of drug-likeness (QED) is 0.671. The zero-order valence-corrected chi connectivity index (χ0v) is 16.0. The number of anilines is 1. The van der Waals surface area contributed by atoms with E-state index in [9.17, 15) is 9.18 Å². The lowest BCUT2D eigenvalue weighted by atomic mass is 10.2. The molecule has 1 amide bonds. The molecular weight excluding hydrogens is 345 g/mol. The molecule has 3 rings (SSSR count). The van der Waals surface area contributed by atoms with E-state index >= 15 is 0 Å². The van der Waals surface area contributed by atoms with Crippen LogP contribution in [0.2, 0.25) is 0 Å². The van der Waals surface area contributed by atoms with Crippen molar-refractivity contribution in [1.82, 2.24) is 0 Å². The van der Waals surface area contributed by atoms with Crippen LogP contribution in [-0.4, -0.2) is 45.7 Å². The fourth-order valence-electron chi connectivity index (χ4n) is 3.49. The van der Waals surface area contributed by atoms with E-state index in [1.165, 1.54) is 21.4 Å². The minimum Gasteiger partial charge on any atom is -0.497 e. The van der Waals surface area contributed by atoms with Gasteiger partial charge in [0.15, 0.2) is 6.54 Å². The molecule has 0 unspecified atom stereocenters. The molecule has 0 saturated carbocycles. The zero-order valence-electron chi connectivity index (χ0n) is 16.0. The van der Waals surface area contributed by atoms with Crippen LogP contribution in [0.4, 0.5) is 10.1 Å². The molecule has 0 spiro atoms. The van der Waals surface area contributed by atoms with Gasteiger partial charge in [-0.15, -0.1) is 0 Å². The second-order valence-corrected chi connectivity index (χ2v) is 7.23. The highest BCUT2D eigenvalue weighted by molar-refractivity contribution is 5.91. The largest absolute Gasteiger partial charge is 0.497 e. The summed E-state index contributed by atoms with van der Waals surface area (Å²) >= 11 is 0. The van der Waals surface area contributed by atoms with Crippen molar-refractivity contribution < 1.29 is 23.7 Å². The van der Waals surface area contributed by atoms with E-state index in [0.29, 0.717) is 6.54 Å². The number of aryl methyl sites for hydroxylation is 1. The second kappa shape index (κ2) is 8.97. The van der Waals surface area contributed by atoms with Gasteiger partial charge in [-0.2, -0.15) is 0 Å². The Morgan fingerprint density at radius 2 is 1.74 bits per heavy atom. The van der Waals surface area contributed by atoms with Crippen LogP contribution in [0, 0.1) is 12.7 Å². The fraction of sp³-hybridized carbons (Fsp3) is 0.381. The van der Waals surface area contributed by atoms with Gasteiger partial charge in [-0.3, -0.25) is 4.79 Å². The van der Waals surface area contributed by atoms with Crippen LogP contribution in [-0.2, 0) is 11.3 Å². The van der Waals surface area contributed by atoms with Crippen molar-refractivity contribution in [3.05, 3.63) is 59.4 Å². The first-order chi connectivity index (χ1) is 13.0. The van der Waals surface area contributed by atoms with Crippen LogP contribution in [0.5, 0.6) is 5.75 Å². The number of nitrogens with one attached hydrogen (secondary N) is 3. The van der Waals surface area contributed by atoms with Gasteiger partial charge in [0.1, 0.15) is 44.3 Å². The molecule has 0 aliphatic carbocycles. The highest BCUT2D eigenvalue weighted by Gasteiger charge is 2.25. The van der Waals surface area contributed by atoms with Crippen molar-refractivity contribution in [2.45, 2.75) is 13.5 Å². The smallest absolute Gasteiger partial charge is 0.279 e. The van der Waals surface area contributed by atoms with E-state index < -0.39 is 0 Å². The Labute approximate surface area is 159 Å². The number of benzene rings is 2. The van der Waals surface area contributed by atoms with Crippen LogP contribution in [0.3, 0.4) is 0 Å². The predicted molar refractivity (Wildman–Crippen MR) is 103 cm³/mol. The lowest BCUT2D eigenvalue weighted by Crippen LogP contribution is -3.28. The van der Waals surface area contributed by atoms with Gasteiger partial charge in [0, 0.05) is 5.56 Å². The van der Waals surface area contributed by atoms with Gasteiger partial charge in [0.05, 0.1) is 12.8 Å². The Kier molecular flexibility index (Phi) is 6.42. The summed E-state index contributed by atoms with van der Waals surface area (Å²) in [6.45, 7) is 7.11. The standard InChI is InChI=1S/C21H26FN3O2/c1-16-3-8-20(19(22)13-16)23-21(26)15-25-11-9-24(10-12-25)14-17-4-6-18(27-2)7-5-17/h3-8,13H,9-12,14-15H2,1-2H3,(H,23,26)/p+2. The number of methoxy groups -OCH3 is 1. The van der Waals surface area contributed by atoms with E-state index in [0.717, 1.165) is 44.0 Å². The molecule has 1 aliphatic rings. The Morgan fingerprint density at radius 1 is 1.07 bits per heavy atom. The number of halogens is 1. The van der Waals surface area contributed by atoms with E-state index in [4.69, 9.17) is 4.74 Å². The van der Waals surface area contributed by atoms with Gasteiger partial charge in [0.2, 0.25) is 0 Å². The summed E-state index contributed by atoms with van der Waals surface area (Å²) in [6.07, 6.45) is 0. The Balaban J connectivity index is 1.44. The SMILES string of the molecule is COc1ccc(C[NH+]2CC[NH+](CC(=O)Nc3ccc(C)cc3F)CC2)cc1. The lowest BCUT2D eigenvalue weighted by Gasteiger charge is -2.29. The number of ether oxygens (including phenoxy) is 1. The van der Waals surface area contributed by atoms with E-state index in [1.807, 2.05) is 19.1 Å². The molecule has 1 fully saturated rings. The molecule has 6 heteroatoms. The first-order valence-corrected chi connectivity index (χ1v) is 9.39. The van der Waals surface area contributed by atoms with Crippen LogP contribution in [0.15, 0.2) is 42.5 Å². The number of hydrogen-bond donors (Lipinski definition) is 3. The summed E-state index contributed by atoms with van der Waals surface area (Å²) in [5.74, 6) is 0.359. The van der Waals surface area contributed by atoms with Gasteiger partial charge >= 0.3 is 0 Å². The topological polar surface area (TPSA) is 47.2 Å². The molecule has 0 atom stereocenters. The average molecular weight is 373 g/mol. The highest BCUT2D eigenvalue weighted by Crippen LogP contribution is 2.14. The third-order valence-corrected chi connectivity index (χ3v) is 5.09. The van der Waals surface area contributed by atoms with Crippen LogP contribution in [0.25, 0.3) is 0 Å². The van der Waals surface area contributed by atoms with Crippen molar-refractivity contribution in [2.75, 3.05) is 45.2 Å². The monoisotopic (exact) mass is 373 g/mol. The van der Waals surface area contributed by atoms with E-state index in [-0.39, 0.29) is 17.4 Å². The van der Waals surface area contributed by atoms with Crippen LogP contribution >= 0.6 is 0 Å². The Bertz CT molecular complexity index is 771.